The topological polar surface area (TPSA) is 99.1 Å². The number of fused-ring (bicyclic) bond motifs is 1. The summed E-state index contributed by atoms with van der Waals surface area (Å²) in [7, 11) is 0. The highest BCUT2D eigenvalue weighted by Crippen LogP contribution is 2.19. The Morgan fingerprint density at radius 1 is 1.30 bits per heavy atom. The summed E-state index contributed by atoms with van der Waals surface area (Å²) in [4.78, 5) is 14.9. The summed E-state index contributed by atoms with van der Waals surface area (Å²) in [6.45, 7) is 0. The number of nitrogens with two attached hydrogens (primary N) is 1. The van der Waals surface area contributed by atoms with Crippen molar-refractivity contribution in [1.82, 2.24) is 24.8 Å². The molecule has 100 valence electrons. The zero-order valence-electron chi connectivity index (χ0n) is 10.3. The predicted molar refractivity (Wildman–Crippen MR) is 73.9 cm³/mol. The minimum Gasteiger partial charge on any atom is -0.369 e. The number of aromatic nitrogens is 5. The first kappa shape index (κ1) is 12.5. The summed E-state index contributed by atoms with van der Waals surface area (Å²) >= 11 is 1.27. The summed E-state index contributed by atoms with van der Waals surface area (Å²) in [5, 5.41) is 13.2. The first-order valence-corrected chi connectivity index (χ1v) is 6.76. The molecule has 3 aromatic rings. The van der Waals surface area contributed by atoms with Crippen molar-refractivity contribution in [3.63, 3.8) is 0 Å². The monoisotopic (exact) mass is 286 g/mol. The summed E-state index contributed by atoms with van der Waals surface area (Å²) < 4.78 is 1.63. The fourth-order valence-corrected chi connectivity index (χ4v) is 2.26. The molecular formula is C12H10N6OS. The molecule has 0 spiro atoms. The number of nitrogens with zero attached hydrogens (tertiary/aromatic N) is 5. The highest BCUT2D eigenvalue weighted by molar-refractivity contribution is 7.99. The molecule has 0 unspecified atom stereocenters. The molecule has 0 saturated carbocycles. The van der Waals surface area contributed by atoms with Crippen molar-refractivity contribution < 1.29 is 4.79 Å². The van der Waals surface area contributed by atoms with Crippen LogP contribution in [0, 0.1) is 0 Å². The van der Waals surface area contributed by atoms with Crippen LogP contribution in [0.25, 0.3) is 17.0 Å². The van der Waals surface area contributed by atoms with Crippen molar-refractivity contribution in [1.29, 1.82) is 0 Å². The van der Waals surface area contributed by atoms with Crippen LogP contribution < -0.4 is 5.73 Å². The molecule has 2 N–H and O–H groups in total. The van der Waals surface area contributed by atoms with E-state index in [0.29, 0.717) is 16.5 Å². The second-order valence-corrected chi connectivity index (χ2v) is 4.96. The van der Waals surface area contributed by atoms with Gasteiger partial charge in [-0.1, -0.05) is 11.8 Å². The molecule has 0 radical (unpaired) electrons. The number of rotatable bonds is 4. The summed E-state index contributed by atoms with van der Waals surface area (Å²) in [6.07, 6.45) is 3.38. The Morgan fingerprint density at radius 3 is 2.95 bits per heavy atom. The van der Waals surface area contributed by atoms with Gasteiger partial charge >= 0.3 is 0 Å². The molecule has 0 atom stereocenters. The van der Waals surface area contributed by atoms with Gasteiger partial charge < -0.3 is 5.73 Å². The van der Waals surface area contributed by atoms with E-state index in [2.05, 4.69) is 20.3 Å². The van der Waals surface area contributed by atoms with E-state index in [4.69, 9.17) is 5.73 Å². The highest BCUT2D eigenvalue weighted by Gasteiger charge is 2.10. The van der Waals surface area contributed by atoms with Crippen LogP contribution in [0.5, 0.6) is 0 Å². The van der Waals surface area contributed by atoms with Crippen LogP contribution in [0.1, 0.15) is 0 Å². The number of pyridine rings is 1. The summed E-state index contributed by atoms with van der Waals surface area (Å²) in [5.74, 6) is 0.408. The van der Waals surface area contributed by atoms with E-state index in [0.717, 1.165) is 5.56 Å². The Balaban J connectivity index is 2.02. The predicted octanol–water partition coefficient (Wildman–Crippen LogP) is 0.764. The first-order chi connectivity index (χ1) is 9.74. The number of hydrogen-bond donors (Lipinski definition) is 1. The molecule has 0 saturated heterocycles. The Bertz CT molecular complexity index is 757. The lowest BCUT2D eigenvalue weighted by atomic mass is 10.3. The molecule has 0 aromatic carbocycles. The van der Waals surface area contributed by atoms with Crippen molar-refractivity contribution >= 4 is 23.3 Å². The van der Waals surface area contributed by atoms with E-state index in [1.807, 2.05) is 12.1 Å². The van der Waals surface area contributed by atoms with Gasteiger partial charge in [0.05, 0.1) is 5.75 Å². The van der Waals surface area contributed by atoms with Crippen LogP contribution in [-0.2, 0) is 4.79 Å². The smallest absolute Gasteiger partial charge is 0.227 e. The number of hydrogen-bond acceptors (Lipinski definition) is 6. The molecule has 3 aromatic heterocycles. The molecule has 0 bridgehead atoms. The molecule has 0 aliphatic rings. The maximum Gasteiger partial charge on any atom is 0.227 e. The number of carbonyl (C=O) groups excluding carboxylic acids is 1. The van der Waals surface area contributed by atoms with Gasteiger partial charge in [-0.05, 0) is 24.3 Å². The third kappa shape index (κ3) is 2.45. The van der Waals surface area contributed by atoms with Crippen molar-refractivity contribution in [2.24, 2.45) is 5.73 Å². The SMILES string of the molecule is NC(=O)CSc1ccc2nnc(-c3cccnc3)n2n1. The van der Waals surface area contributed by atoms with Gasteiger partial charge in [-0.3, -0.25) is 9.78 Å². The number of thioether (sulfide) groups is 1. The van der Waals surface area contributed by atoms with Crippen LogP contribution in [0.15, 0.2) is 41.7 Å². The van der Waals surface area contributed by atoms with Gasteiger partial charge in [-0.2, -0.15) is 9.61 Å². The third-order valence-corrected chi connectivity index (χ3v) is 3.46. The van der Waals surface area contributed by atoms with Crippen LogP contribution in [-0.4, -0.2) is 36.5 Å². The molecule has 0 fully saturated rings. The van der Waals surface area contributed by atoms with E-state index in [-0.39, 0.29) is 11.7 Å². The fraction of sp³-hybridized carbons (Fsp3) is 0.0833. The quantitative estimate of drug-likeness (QED) is 0.711. The van der Waals surface area contributed by atoms with E-state index in [1.54, 1.807) is 29.0 Å². The molecular weight excluding hydrogens is 276 g/mol. The standard InChI is InChI=1S/C12H10N6OS/c13-9(19)7-20-11-4-3-10-15-16-12(18(10)17-11)8-2-1-5-14-6-8/h1-6H,7H2,(H2,13,19). The Labute approximate surface area is 118 Å². The highest BCUT2D eigenvalue weighted by atomic mass is 32.2. The number of amides is 1. The Hall–Kier alpha value is -2.48. The minimum absolute atomic E-state index is 0.183. The van der Waals surface area contributed by atoms with Crippen LogP contribution >= 0.6 is 11.8 Å². The normalized spacial score (nSPS) is 10.8. The van der Waals surface area contributed by atoms with Gasteiger partial charge in [-0.25, -0.2) is 0 Å². The van der Waals surface area contributed by atoms with Gasteiger partial charge in [0.25, 0.3) is 0 Å². The van der Waals surface area contributed by atoms with Crippen molar-refractivity contribution in [3.05, 3.63) is 36.7 Å². The first-order valence-electron chi connectivity index (χ1n) is 5.78. The molecule has 0 aliphatic heterocycles. The average Bonchev–Trinajstić information content (AvgIpc) is 2.89. The average molecular weight is 286 g/mol. The van der Waals surface area contributed by atoms with Crippen molar-refractivity contribution in [3.8, 4) is 11.4 Å². The van der Waals surface area contributed by atoms with E-state index in [1.165, 1.54) is 11.8 Å². The zero-order chi connectivity index (χ0) is 13.9. The fourth-order valence-electron chi connectivity index (χ4n) is 1.67. The molecule has 3 heterocycles. The minimum atomic E-state index is -0.381. The van der Waals surface area contributed by atoms with Gasteiger partial charge in [0, 0.05) is 18.0 Å². The summed E-state index contributed by atoms with van der Waals surface area (Å²) in [5.41, 5.74) is 6.58. The van der Waals surface area contributed by atoms with E-state index in [9.17, 15) is 4.79 Å². The lowest BCUT2D eigenvalue weighted by Crippen LogP contribution is -2.13. The third-order valence-electron chi connectivity index (χ3n) is 2.52. The Kier molecular flexibility index (Phi) is 3.30. The molecule has 0 aliphatic carbocycles. The largest absolute Gasteiger partial charge is 0.369 e. The molecule has 7 nitrogen and oxygen atoms in total. The van der Waals surface area contributed by atoms with Gasteiger partial charge in [0.2, 0.25) is 5.91 Å². The maximum atomic E-state index is 10.8. The van der Waals surface area contributed by atoms with E-state index < -0.39 is 0 Å². The molecule has 20 heavy (non-hydrogen) atoms. The maximum absolute atomic E-state index is 10.8. The number of primary amides is 1. The Morgan fingerprint density at radius 2 is 2.20 bits per heavy atom. The van der Waals surface area contributed by atoms with Crippen LogP contribution in [0.4, 0.5) is 0 Å². The van der Waals surface area contributed by atoms with Crippen molar-refractivity contribution in [2.75, 3.05) is 5.75 Å². The van der Waals surface area contributed by atoms with Crippen LogP contribution in [0.2, 0.25) is 0 Å². The molecule has 8 heteroatoms. The molecule has 1 amide bonds. The van der Waals surface area contributed by atoms with Gasteiger partial charge in [0.1, 0.15) is 5.03 Å². The lowest BCUT2D eigenvalue weighted by molar-refractivity contribution is -0.115. The number of carbonyl (C=O) groups is 1. The second-order valence-electron chi connectivity index (χ2n) is 3.96. The van der Waals surface area contributed by atoms with Gasteiger partial charge in [-0.15, -0.1) is 10.2 Å². The zero-order valence-corrected chi connectivity index (χ0v) is 11.1. The lowest BCUT2D eigenvalue weighted by Gasteiger charge is -2.01. The van der Waals surface area contributed by atoms with Crippen LogP contribution in [0.3, 0.4) is 0 Å². The van der Waals surface area contributed by atoms with E-state index >= 15 is 0 Å². The van der Waals surface area contributed by atoms with Gasteiger partial charge in [0.15, 0.2) is 11.5 Å². The van der Waals surface area contributed by atoms with Crippen molar-refractivity contribution in [2.45, 2.75) is 5.03 Å². The molecule has 3 rings (SSSR count). The summed E-state index contributed by atoms with van der Waals surface area (Å²) in [6, 6.07) is 7.28. The second kappa shape index (κ2) is 5.25.